The summed E-state index contributed by atoms with van der Waals surface area (Å²) in [6, 6.07) is 19.4. The Morgan fingerprint density at radius 2 is 1.83 bits per heavy atom. The molecule has 2 heterocycles. The van der Waals surface area contributed by atoms with E-state index in [9.17, 15) is 4.79 Å². The number of carbonyl (C=O) groups excluding carboxylic acids is 1. The highest BCUT2D eigenvalue weighted by molar-refractivity contribution is 7.80. The second-order valence-corrected chi connectivity index (χ2v) is 7.89. The van der Waals surface area contributed by atoms with Crippen molar-refractivity contribution in [3.63, 3.8) is 0 Å². The van der Waals surface area contributed by atoms with Gasteiger partial charge in [-0.2, -0.15) is 0 Å². The summed E-state index contributed by atoms with van der Waals surface area (Å²) in [5.74, 6) is 0.413. The van der Waals surface area contributed by atoms with Crippen LogP contribution >= 0.6 is 23.6 Å². The maximum absolute atomic E-state index is 12.8. The van der Waals surface area contributed by atoms with Gasteiger partial charge in [0.2, 0.25) is 0 Å². The average molecular weight is 422 g/mol. The summed E-state index contributed by atoms with van der Waals surface area (Å²) >= 11 is 6.75. The van der Waals surface area contributed by atoms with Crippen LogP contribution in [0.25, 0.3) is 15.9 Å². The third kappa shape index (κ3) is 3.87. The Morgan fingerprint density at radius 3 is 2.59 bits per heavy atom. The van der Waals surface area contributed by atoms with E-state index in [1.165, 1.54) is 11.3 Å². The Kier molecular flexibility index (Phi) is 5.33. The Balaban J connectivity index is 1.55. The van der Waals surface area contributed by atoms with Crippen molar-refractivity contribution in [1.29, 1.82) is 0 Å². The molecular weight excluding hydrogens is 402 g/mol. The first-order chi connectivity index (χ1) is 14.1. The van der Waals surface area contributed by atoms with Crippen LogP contribution in [0.1, 0.15) is 15.2 Å². The highest BCUT2D eigenvalue weighted by atomic mass is 32.1. The number of amides is 1. The van der Waals surface area contributed by atoms with Gasteiger partial charge in [-0.3, -0.25) is 10.1 Å². The van der Waals surface area contributed by atoms with Crippen molar-refractivity contribution in [2.75, 3.05) is 12.4 Å². The molecular formula is C22H19N3O2S2. The molecule has 0 atom stereocenters. The van der Waals surface area contributed by atoms with Gasteiger partial charge in [-0.1, -0.05) is 30.3 Å². The number of hydrogen-bond acceptors (Lipinski definition) is 4. The van der Waals surface area contributed by atoms with Crippen LogP contribution in [-0.2, 0) is 0 Å². The molecule has 4 rings (SSSR count). The van der Waals surface area contributed by atoms with Crippen LogP contribution in [0.5, 0.6) is 5.75 Å². The molecule has 4 aromatic rings. The number of rotatable bonds is 4. The fraction of sp³-hybridized carbons (Fsp3) is 0.0909. The van der Waals surface area contributed by atoms with Crippen LogP contribution < -0.4 is 15.4 Å². The molecule has 29 heavy (non-hydrogen) atoms. The molecule has 5 nitrogen and oxygen atoms in total. The molecule has 2 aromatic heterocycles. The lowest BCUT2D eigenvalue weighted by molar-refractivity contribution is 0.0981. The Morgan fingerprint density at radius 1 is 1.10 bits per heavy atom. The molecule has 7 heteroatoms. The number of nitrogens with zero attached hydrogens (tertiary/aromatic N) is 1. The monoisotopic (exact) mass is 421 g/mol. The zero-order valence-corrected chi connectivity index (χ0v) is 17.6. The maximum Gasteiger partial charge on any atom is 0.267 e. The lowest BCUT2D eigenvalue weighted by Crippen LogP contribution is -2.33. The fourth-order valence-corrected chi connectivity index (χ4v) is 4.44. The van der Waals surface area contributed by atoms with Crippen LogP contribution in [0.2, 0.25) is 0 Å². The standard InChI is InChI=1S/C22H19N3O2S2/c1-14-13-25(15-8-4-3-5-9-15)21-16(14)12-19(29-21)20(26)24-22(28)23-17-10-6-7-11-18(17)27-2/h3-13H,1-2H3,(H2,23,24,26,28). The SMILES string of the molecule is COc1ccccc1NC(=S)NC(=O)c1cc2c(C)cn(-c3ccccc3)c2s1. The quantitative estimate of drug-likeness (QED) is 0.448. The maximum atomic E-state index is 12.8. The van der Waals surface area contributed by atoms with Crippen molar-refractivity contribution < 1.29 is 9.53 Å². The minimum atomic E-state index is -0.238. The third-order valence-corrected chi connectivity index (χ3v) is 5.86. The van der Waals surface area contributed by atoms with E-state index in [4.69, 9.17) is 17.0 Å². The summed E-state index contributed by atoms with van der Waals surface area (Å²) in [4.78, 5) is 14.4. The van der Waals surface area contributed by atoms with Gasteiger partial charge < -0.3 is 14.6 Å². The Hall–Kier alpha value is -3.16. The first kappa shape index (κ1) is 19.2. The van der Waals surface area contributed by atoms with E-state index in [-0.39, 0.29) is 11.0 Å². The summed E-state index contributed by atoms with van der Waals surface area (Å²) < 4.78 is 7.41. The van der Waals surface area contributed by atoms with E-state index in [1.54, 1.807) is 7.11 Å². The van der Waals surface area contributed by atoms with Gasteiger partial charge >= 0.3 is 0 Å². The van der Waals surface area contributed by atoms with Gasteiger partial charge in [-0.05, 0) is 55.0 Å². The van der Waals surface area contributed by atoms with Crippen LogP contribution in [0.15, 0.2) is 66.9 Å². The first-order valence-electron chi connectivity index (χ1n) is 8.99. The van der Waals surface area contributed by atoms with E-state index in [2.05, 4.69) is 21.4 Å². The number of methoxy groups -OCH3 is 1. The molecule has 0 fully saturated rings. The van der Waals surface area contributed by atoms with Gasteiger partial charge in [0.25, 0.3) is 5.91 Å². The summed E-state index contributed by atoms with van der Waals surface area (Å²) in [6.07, 6.45) is 2.09. The van der Waals surface area contributed by atoms with Crippen molar-refractivity contribution in [2.24, 2.45) is 0 Å². The lowest BCUT2D eigenvalue weighted by Gasteiger charge is -2.12. The number of ether oxygens (including phenoxy) is 1. The van der Waals surface area contributed by atoms with E-state index in [1.807, 2.05) is 67.6 Å². The molecule has 0 bridgehead atoms. The van der Waals surface area contributed by atoms with Crippen molar-refractivity contribution in [1.82, 2.24) is 9.88 Å². The fourth-order valence-electron chi connectivity index (χ4n) is 3.12. The molecule has 146 valence electrons. The number of hydrogen-bond donors (Lipinski definition) is 2. The zero-order chi connectivity index (χ0) is 20.4. The van der Waals surface area contributed by atoms with E-state index in [0.29, 0.717) is 16.3 Å². The Labute approximate surface area is 177 Å². The van der Waals surface area contributed by atoms with Gasteiger partial charge in [0.15, 0.2) is 5.11 Å². The Bertz CT molecular complexity index is 1200. The molecule has 0 aliphatic rings. The second-order valence-electron chi connectivity index (χ2n) is 6.46. The highest BCUT2D eigenvalue weighted by Crippen LogP contribution is 2.32. The van der Waals surface area contributed by atoms with Gasteiger partial charge in [0, 0.05) is 17.3 Å². The first-order valence-corrected chi connectivity index (χ1v) is 10.2. The highest BCUT2D eigenvalue weighted by Gasteiger charge is 2.17. The van der Waals surface area contributed by atoms with Crippen molar-refractivity contribution in [3.05, 3.63) is 77.3 Å². The number of para-hydroxylation sites is 3. The summed E-state index contributed by atoms with van der Waals surface area (Å²) in [5, 5.41) is 7.05. The summed E-state index contributed by atoms with van der Waals surface area (Å²) in [5.41, 5.74) is 2.88. The minimum Gasteiger partial charge on any atom is -0.495 e. The molecule has 0 aliphatic heterocycles. The summed E-state index contributed by atoms with van der Waals surface area (Å²) in [6.45, 7) is 2.05. The number of aryl methyl sites for hydroxylation is 1. The van der Waals surface area contributed by atoms with Gasteiger partial charge in [0.1, 0.15) is 10.6 Å². The second kappa shape index (κ2) is 8.06. The normalized spacial score (nSPS) is 10.7. The molecule has 0 unspecified atom stereocenters. The van der Waals surface area contributed by atoms with Crippen LogP contribution in [0.3, 0.4) is 0 Å². The largest absolute Gasteiger partial charge is 0.495 e. The minimum absolute atomic E-state index is 0.222. The number of benzene rings is 2. The number of aromatic nitrogens is 1. The number of nitrogens with one attached hydrogen (secondary N) is 2. The molecule has 2 aromatic carbocycles. The van der Waals surface area contributed by atoms with Crippen molar-refractivity contribution >= 4 is 50.5 Å². The molecule has 0 saturated heterocycles. The lowest BCUT2D eigenvalue weighted by atomic mass is 10.2. The predicted octanol–water partition coefficient (Wildman–Crippen LogP) is 5.14. The number of thiophene rings is 1. The molecule has 0 aliphatic carbocycles. The van der Waals surface area contributed by atoms with E-state index >= 15 is 0 Å². The van der Waals surface area contributed by atoms with Crippen LogP contribution in [0.4, 0.5) is 5.69 Å². The molecule has 1 amide bonds. The number of fused-ring (bicyclic) bond motifs is 1. The van der Waals surface area contributed by atoms with E-state index < -0.39 is 0 Å². The zero-order valence-electron chi connectivity index (χ0n) is 15.9. The topological polar surface area (TPSA) is 55.3 Å². The molecule has 0 radical (unpaired) electrons. The summed E-state index contributed by atoms with van der Waals surface area (Å²) in [7, 11) is 1.59. The van der Waals surface area contributed by atoms with E-state index in [0.717, 1.165) is 21.5 Å². The van der Waals surface area contributed by atoms with Gasteiger partial charge in [-0.25, -0.2) is 0 Å². The van der Waals surface area contributed by atoms with Crippen LogP contribution in [-0.4, -0.2) is 22.7 Å². The molecule has 2 N–H and O–H groups in total. The van der Waals surface area contributed by atoms with Gasteiger partial charge in [-0.15, -0.1) is 11.3 Å². The predicted molar refractivity (Wildman–Crippen MR) is 123 cm³/mol. The van der Waals surface area contributed by atoms with Crippen LogP contribution in [0, 0.1) is 6.92 Å². The number of anilines is 1. The van der Waals surface area contributed by atoms with Crippen molar-refractivity contribution in [3.8, 4) is 11.4 Å². The van der Waals surface area contributed by atoms with Crippen molar-refractivity contribution in [2.45, 2.75) is 6.92 Å². The number of thiocarbonyl (C=S) groups is 1. The van der Waals surface area contributed by atoms with Gasteiger partial charge in [0.05, 0.1) is 17.7 Å². The third-order valence-electron chi connectivity index (χ3n) is 4.52. The average Bonchev–Trinajstić information content (AvgIpc) is 3.30. The molecule has 0 spiro atoms. The number of carbonyl (C=O) groups is 1. The smallest absolute Gasteiger partial charge is 0.267 e. The molecule has 0 saturated carbocycles.